The first-order valence-electron chi connectivity index (χ1n) is 6.60. The molecule has 2 nitrogen and oxygen atoms in total. The molecule has 1 saturated carbocycles. The van der Waals surface area contributed by atoms with E-state index in [9.17, 15) is 0 Å². The summed E-state index contributed by atoms with van der Waals surface area (Å²) in [5.74, 6) is 0.922. The molecule has 0 bridgehead atoms. The maximum Gasteiger partial charge on any atom is 0.120 e. The summed E-state index contributed by atoms with van der Waals surface area (Å²) in [4.78, 5) is 0. The van der Waals surface area contributed by atoms with Crippen LogP contribution in [0.1, 0.15) is 30.0 Å². The predicted molar refractivity (Wildman–Crippen MR) is 93.0 cm³/mol. The van der Waals surface area contributed by atoms with E-state index in [0.717, 1.165) is 21.3 Å². The van der Waals surface area contributed by atoms with Gasteiger partial charge in [0.25, 0.3) is 0 Å². The lowest BCUT2D eigenvalue weighted by molar-refractivity contribution is 0.303. The molecule has 1 atom stereocenters. The summed E-state index contributed by atoms with van der Waals surface area (Å²) in [6.45, 7) is 0. The van der Waals surface area contributed by atoms with E-state index >= 15 is 0 Å². The van der Waals surface area contributed by atoms with Crippen LogP contribution in [0.3, 0.4) is 0 Å². The molecule has 0 heterocycles. The molecule has 2 aromatic carbocycles. The zero-order chi connectivity index (χ0) is 14.1. The van der Waals surface area contributed by atoms with Gasteiger partial charge in [-0.2, -0.15) is 0 Å². The lowest BCUT2D eigenvalue weighted by atomic mass is 9.99. The van der Waals surface area contributed by atoms with Gasteiger partial charge in [0.05, 0.1) is 12.1 Å². The highest BCUT2D eigenvalue weighted by molar-refractivity contribution is 14.1. The van der Waals surface area contributed by atoms with Crippen molar-refractivity contribution >= 4 is 38.5 Å². The van der Waals surface area contributed by atoms with Crippen molar-refractivity contribution in [2.75, 3.05) is 0 Å². The Morgan fingerprint density at radius 3 is 2.75 bits per heavy atom. The molecule has 0 radical (unpaired) electrons. The van der Waals surface area contributed by atoms with Crippen LogP contribution in [0.15, 0.2) is 46.9 Å². The second-order valence-corrected chi connectivity index (χ2v) is 7.11. The van der Waals surface area contributed by atoms with Crippen molar-refractivity contribution in [3.63, 3.8) is 0 Å². The molecule has 104 valence electrons. The van der Waals surface area contributed by atoms with Crippen molar-refractivity contribution in [1.29, 1.82) is 0 Å². The number of nitrogens with two attached hydrogens (primary N) is 1. The van der Waals surface area contributed by atoms with Crippen molar-refractivity contribution < 1.29 is 4.74 Å². The van der Waals surface area contributed by atoms with E-state index in [1.165, 1.54) is 16.4 Å². The fourth-order valence-electron chi connectivity index (χ4n) is 2.09. The average Bonchev–Trinajstić information content (AvgIpc) is 3.25. The fourth-order valence-corrected chi connectivity index (χ4v) is 3.14. The van der Waals surface area contributed by atoms with Gasteiger partial charge in [-0.15, -0.1) is 0 Å². The number of halogens is 2. The van der Waals surface area contributed by atoms with Gasteiger partial charge >= 0.3 is 0 Å². The Hall–Kier alpha value is -0.590. The molecule has 1 aliphatic carbocycles. The largest absolute Gasteiger partial charge is 0.490 e. The summed E-state index contributed by atoms with van der Waals surface area (Å²) in [6, 6.07) is 14.2. The number of ether oxygens (including phenoxy) is 1. The summed E-state index contributed by atoms with van der Waals surface area (Å²) in [5, 5.41) is 0. The van der Waals surface area contributed by atoms with Gasteiger partial charge in [0.1, 0.15) is 5.75 Å². The smallest absolute Gasteiger partial charge is 0.120 e. The van der Waals surface area contributed by atoms with Crippen LogP contribution in [-0.4, -0.2) is 6.10 Å². The van der Waals surface area contributed by atoms with Gasteiger partial charge in [0.15, 0.2) is 0 Å². The normalized spacial score (nSPS) is 15.9. The molecular weight excluding hydrogens is 429 g/mol. The molecule has 1 unspecified atom stereocenters. The summed E-state index contributed by atoms with van der Waals surface area (Å²) < 4.78 is 8.06. The number of hydrogen-bond donors (Lipinski definition) is 1. The van der Waals surface area contributed by atoms with Crippen LogP contribution in [0, 0.1) is 3.57 Å². The van der Waals surface area contributed by atoms with E-state index < -0.39 is 0 Å². The standard InChI is InChI=1S/C16H15BrINO/c17-11-4-7-15(18)14(9-11)16(19)10-2-1-3-13(8-10)20-12-5-6-12/h1-4,7-9,12,16H,5-6,19H2. The van der Waals surface area contributed by atoms with E-state index in [4.69, 9.17) is 10.5 Å². The molecule has 2 N–H and O–H groups in total. The van der Waals surface area contributed by atoms with Crippen molar-refractivity contribution in [1.82, 2.24) is 0 Å². The first kappa shape index (κ1) is 14.4. The molecule has 4 heteroatoms. The topological polar surface area (TPSA) is 35.2 Å². The lowest BCUT2D eigenvalue weighted by Crippen LogP contribution is -2.13. The molecule has 0 amide bonds. The molecule has 0 spiro atoms. The highest BCUT2D eigenvalue weighted by Gasteiger charge is 2.23. The van der Waals surface area contributed by atoms with Gasteiger partial charge in [0.2, 0.25) is 0 Å². The second-order valence-electron chi connectivity index (χ2n) is 5.03. The van der Waals surface area contributed by atoms with Crippen molar-refractivity contribution in [2.45, 2.75) is 25.0 Å². The van der Waals surface area contributed by atoms with Gasteiger partial charge in [0, 0.05) is 8.04 Å². The minimum atomic E-state index is -0.137. The highest BCUT2D eigenvalue weighted by atomic mass is 127. The summed E-state index contributed by atoms with van der Waals surface area (Å²) in [6.07, 6.45) is 2.74. The minimum Gasteiger partial charge on any atom is -0.490 e. The van der Waals surface area contributed by atoms with E-state index in [-0.39, 0.29) is 6.04 Å². The maximum absolute atomic E-state index is 6.42. The van der Waals surface area contributed by atoms with E-state index in [0.29, 0.717) is 6.10 Å². The molecule has 2 aromatic rings. The van der Waals surface area contributed by atoms with E-state index in [1.54, 1.807) is 0 Å². The van der Waals surface area contributed by atoms with Gasteiger partial charge in [-0.25, -0.2) is 0 Å². The molecular formula is C16H15BrINO. The Bertz CT molecular complexity index is 628. The Morgan fingerprint density at radius 2 is 2.00 bits per heavy atom. The Morgan fingerprint density at radius 1 is 1.20 bits per heavy atom. The van der Waals surface area contributed by atoms with Crippen LogP contribution in [0.5, 0.6) is 5.75 Å². The van der Waals surface area contributed by atoms with Gasteiger partial charge < -0.3 is 10.5 Å². The monoisotopic (exact) mass is 443 g/mol. The number of benzene rings is 2. The van der Waals surface area contributed by atoms with Crippen LogP contribution in [0.4, 0.5) is 0 Å². The van der Waals surface area contributed by atoms with Crippen LogP contribution in [-0.2, 0) is 0 Å². The highest BCUT2D eigenvalue weighted by Crippen LogP contribution is 2.31. The SMILES string of the molecule is NC(c1cccc(OC2CC2)c1)c1cc(Br)ccc1I. The Kier molecular flexibility index (Phi) is 4.33. The third-order valence-electron chi connectivity index (χ3n) is 3.34. The van der Waals surface area contributed by atoms with Crippen molar-refractivity contribution in [3.05, 3.63) is 61.6 Å². The first-order valence-corrected chi connectivity index (χ1v) is 8.48. The minimum absolute atomic E-state index is 0.137. The summed E-state index contributed by atoms with van der Waals surface area (Å²) in [7, 11) is 0. The third-order valence-corrected chi connectivity index (χ3v) is 4.81. The predicted octanol–water partition coefficient (Wildman–Crippen LogP) is 4.64. The zero-order valence-corrected chi connectivity index (χ0v) is 14.6. The number of rotatable bonds is 4. The molecule has 3 rings (SSSR count). The quantitative estimate of drug-likeness (QED) is 0.698. The first-order chi connectivity index (χ1) is 9.63. The lowest BCUT2D eigenvalue weighted by Gasteiger charge is -2.16. The van der Waals surface area contributed by atoms with Gasteiger partial charge in [-0.3, -0.25) is 0 Å². The van der Waals surface area contributed by atoms with Gasteiger partial charge in [-0.05, 0) is 76.9 Å². The molecule has 0 saturated heterocycles. The van der Waals surface area contributed by atoms with Crippen LogP contribution in [0.25, 0.3) is 0 Å². The van der Waals surface area contributed by atoms with Crippen molar-refractivity contribution in [3.8, 4) is 5.75 Å². The van der Waals surface area contributed by atoms with E-state index in [2.05, 4.69) is 62.8 Å². The average molecular weight is 444 g/mol. The molecule has 20 heavy (non-hydrogen) atoms. The molecule has 0 aromatic heterocycles. The Labute approximate surface area is 141 Å². The summed E-state index contributed by atoms with van der Waals surface area (Å²) in [5.41, 5.74) is 8.63. The van der Waals surface area contributed by atoms with Crippen LogP contribution in [0.2, 0.25) is 0 Å². The van der Waals surface area contributed by atoms with Crippen molar-refractivity contribution in [2.24, 2.45) is 5.73 Å². The Balaban J connectivity index is 1.88. The maximum atomic E-state index is 6.42. The van der Waals surface area contributed by atoms with E-state index in [1.807, 2.05) is 18.2 Å². The number of hydrogen-bond acceptors (Lipinski definition) is 2. The fraction of sp³-hybridized carbons (Fsp3) is 0.250. The second kappa shape index (κ2) is 6.03. The van der Waals surface area contributed by atoms with Crippen LogP contribution >= 0.6 is 38.5 Å². The van der Waals surface area contributed by atoms with Gasteiger partial charge in [-0.1, -0.05) is 28.1 Å². The third kappa shape index (κ3) is 3.35. The van der Waals surface area contributed by atoms with Crippen LogP contribution < -0.4 is 10.5 Å². The summed E-state index contributed by atoms with van der Waals surface area (Å²) >= 11 is 5.83. The molecule has 1 aliphatic rings. The zero-order valence-electron chi connectivity index (χ0n) is 10.9. The molecule has 1 fully saturated rings. The molecule has 0 aliphatic heterocycles.